The molecule has 1 N–H and O–H groups in total. The minimum absolute atomic E-state index is 0.271. The first-order valence-corrected chi connectivity index (χ1v) is 7.13. The summed E-state index contributed by atoms with van der Waals surface area (Å²) in [7, 11) is 0. The SMILES string of the molecule is C[C@H]1CC(=O)N2CCc3c([nH]c4ccccc34)[C@@H]2C1. The van der Waals surface area contributed by atoms with Crippen molar-refractivity contribution >= 4 is 16.8 Å². The van der Waals surface area contributed by atoms with Gasteiger partial charge in [-0.3, -0.25) is 4.79 Å². The van der Waals surface area contributed by atoms with E-state index in [-0.39, 0.29) is 6.04 Å². The average Bonchev–Trinajstić information content (AvgIpc) is 2.77. The van der Waals surface area contributed by atoms with Crippen molar-refractivity contribution < 1.29 is 4.79 Å². The molecule has 1 aromatic carbocycles. The Balaban J connectivity index is 1.87. The highest BCUT2D eigenvalue weighted by atomic mass is 16.2. The third-order valence-corrected chi connectivity index (χ3v) is 4.63. The monoisotopic (exact) mass is 254 g/mol. The molecule has 3 heterocycles. The lowest BCUT2D eigenvalue weighted by Gasteiger charge is -2.41. The summed E-state index contributed by atoms with van der Waals surface area (Å²) >= 11 is 0. The van der Waals surface area contributed by atoms with Crippen molar-refractivity contribution in [3.63, 3.8) is 0 Å². The van der Waals surface area contributed by atoms with Gasteiger partial charge in [0, 0.05) is 29.6 Å². The van der Waals surface area contributed by atoms with E-state index in [0.717, 1.165) is 19.4 Å². The molecule has 2 atom stereocenters. The fraction of sp³-hybridized carbons (Fsp3) is 0.438. The van der Waals surface area contributed by atoms with Crippen molar-refractivity contribution in [1.82, 2.24) is 9.88 Å². The quantitative estimate of drug-likeness (QED) is 0.770. The van der Waals surface area contributed by atoms with Gasteiger partial charge in [-0.1, -0.05) is 25.1 Å². The third-order valence-electron chi connectivity index (χ3n) is 4.63. The van der Waals surface area contributed by atoms with Crippen LogP contribution in [0.1, 0.15) is 37.1 Å². The molecule has 1 fully saturated rings. The molecule has 0 bridgehead atoms. The fourth-order valence-corrected chi connectivity index (χ4v) is 3.74. The maximum absolute atomic E-state index is 12.2. The molecule has 0 unspecified atom stereocenters. The van der Waals surface area contributed by atoms with Gasteiger partial charge in [0.15, 0.2) is 0 Å². The van der Waals surface area contributed by atoms with Gasteiger partial charge in [0.1, 0.15) is 0 Å². The van der Waals surface area contributed by atoms with E-state index in [1.54, 1.807) is 0 Å². The topological polar surface area (TPSA) is 36.1 Å². The highest BCUT2D eigenvalue weighted by Crippen LogP contribution is 2.41. The molecule has 4 rings (SSSR count). The number of nitrogens with one attached hydrogen (secondary N) is 1. The highest BCUT2D eigenvalue weighted by molar-refractivity contribution is 5.86. The molecule has 0 spiro atoms. The zero-order valence-electron chi connectivity index (χ0n) is 11.1. The number of amides is 1. The number of fused-ring (bicyclic) bond motifs is 5. The van der Waals surface area contributed by atoms with Gasteiger partial charge in [-0.25, -0.2) is 0 Å². The number of para-hydroxylation sites is 1. The van der Waals surface area contributed by atoms with Crippen molar-refractivity contribution in [2.24, 2.45) is 5.92 Å². The second-order valence-electron chi connectivity index (χ2n) is 5.96. The Hall–Kier alpha value is -1.77. The van der Waals surface area contributed by atoms with Gasteiger partial charge in [0.25, 0.3) is 0 Å². The number of piperidine rings is 1. The summed E-state index contributed by atoms with van der Waals surface area (Å²) in [6.45, 7) is 3.07. The molecule has 98 valence electrons. The van der Waals surface area contributed by atoms with E-state index in [2.05, 4.69) is 41.1 Å². The van der Waals surface area contributed by atoms with Crippen molar-refractivity contribution in [3.8, 4) is 0 Å². The molecule has 19 heavy (non-hydrogen) atoms. The van der Waals surface area contributed by atoms with Crippen LogP contribution in [0.4, 0.5) is 0 Å². The molecular weight excluding hydrogens is 236 g/mol. The van der Waals surface area contributed by atoms with Gasteiger partial charge in [-0.05, 0) is 30.4 Å². The number of carbonyl (C=O) groups is 1. The Morgan fingerprint density at radius 1 is 1.32 bits per heavy atom. The van der Waals surface area contributed by atoms with E-state index in [1.807, 2.05) is 0 Å². The first kappa shape index (κ1) is 11.1. The average molecular weight is 254 g/mol. The lowest BCUT2D eigenvalue weighted by atomic mass is 9.85. The van der Waals surface area contributed by atoms with E-state index < -0.39 is 0 Å². The third kappa shape index (κ3) is 1.54. The molecule has 3 heteroatoms. The largest absolute Gasteiger partial charge is 0.356 e. The van der Waals surface area contributed by atoms with Gasteiger partial charge in [0.2, 0.25) is 5.91 Å². The van der Waals surface area contributed by atoms with Gasteiger partial charge in [-0.2, -0.15) is 0 Å². The number of aromatic amines is 1. The highest BCUT2D eigenvalue weighted by Gasteiger charge is 2.37. The second kappa shape index (κ2) is 3.86. The predicted molar refractivity (Wildman–Crippen MR) is 74.9 cm³/mol. The predicted octanol–water partition coefficient (Wildman–Crippen LogP) is 3.02. The number of hydrogen-bond donors (Lipinski definition) is 1. The van der Waals surface area contributed by atoms with Gasteiger partial charge in [0.05, 0.1) is 6.04 Å². The lowest BCUT2D eigenvalue weighted by molar-refractivity contribution is -0.139. The zero-order chi connectivity index (χ0) is 13.0. The summed E-state index contributed by atoms with van der Waals surface area (Å²) in [6, 6.07) is 8.75. The van der Waals surface area contributed by atoms with Crippen LogP contribution in [0, 0.1) is 5.92 Å². The van der Waals surface area contributed by atoms with E-state index in [9.17, 15) is 4.79 Å². The maximum atomic E-state index is 12.2. The second-order valence-corrected chi connectivity index (χ2v) is 5.96. The van der Waals surface area contributed by atoms with E-state index >= 15 is 0 Å². The Morgan fingerprint density at radius 2 is 2.16 bits per heavy atom. The Kier molecular flexibility index (Phi) is 2.25. The number of rotatable bonds is 0. The van der Waals surface area contributed by atoms with Crippen LogP contribution >= 0.6 is 0 Å². The molecule has 0 aliphatic carbocycles. The smallest absolute Gasteiger partial charge is 0.223 e. The van der Waals surface area contributed by atoms with Gasteiger partial charge in [-0.15, -0.1) is 0 Å². The lowest BCUT2D eigenvalue weighted by Crippen LogP contribution is -2.44. The van der Waals surface area contributed by atoms with Crippen LogP contribution in [0.2, 0.25) is 0 Å². The van der Waals surface area contributed by atoms with Crippen molar-refractivity contribution in [3.05, 3.63) is 35.5 Å². The molecular formula is C16H18N2O. The Bertz CT molecular complexity index is 658. The fourth-order valence-electron chi connectivity index (χ4n) is 3.74. The van der Waals surface area contributed by atoms with Crippen LogP contribution in [-0.4, -0.2) is 22.3 Å². The Labute approximate surface area is 112 Å². The minimum atomic E-state index is 0.271. The summed E-state index contributed by atoms with van der Waals surface area (Å²) in [4.78, 5) is 17.8. The Morgan fingerprint density at radius 3 is 3.05 bits per heavy atom. The molecule has 2 aliphatic heterocycles. The van der Waals surface area contributed by atoms with Crippen LogP contribution in [0.5, 0.6) is 0 Å². The first-order valence-electron chi connectivity index (χ1n) is 7.13. The van der Waals surface area contributed by atoms with Gasteiger partial charge >= 0.3 is 0 Å². The number of H-pyrrole nitrogens is 1. The standard InChI is InChI=1S/C16H18N2O/c1-10-8-14-16-12(6-7-18(14)15(19)9-10)11-4-2-3-5-13(11)17-16/h2-5,10,14,17H,6-9H2,1H3/t10-,14+/m1/s1. The van der Waals surface area contributed by atoms with Crippen LogP contribution in [-0.2, 0) is 11.2 Å². The van der Waals surface area contributed by atoms with Gasteiger partial charge < -0.3 is 9.88 Å². The van der Waals surface area contributed by atoms with Crippen LogP contribution in [0.15, 0.2) is 24.3 Å². The van der Waals surface area contributed by atoms with Crippen LogP contribution in [0.3, 0.4) is 0 Å². The molecule has 1 amide bonds. The summed E-state index contributed by atoms with van der Waals surface area (Å²) in [5.74, 6) is 0.819. The number of benzene rings is 1. The van der Waals surface area contributed by atoms with E-state index in [0.29, 0.717) is 18.2 Å². The van der Waals surface area contributed by atoms with E-state index in [4.69, 9.17) is 0 Å². The van der Waals surface area contributed by atoms with Crippen molar-refractivity contribution in [1.29, 1.82) is 0 Å². The normalized spacial score (nSPS) is 26.4. The minimum Gasteiger partial charge on any atom is -0.356 e. The zero-order valence-corrected chi connectivity index (χ0v) is 11.1. The summed E-state index contributed by atoms with van der Waals surface area (Å²) in [5.41, 5.74) is 3.92. The number of carbonyl (C=O) groups excluding carboxylic acids is 1. The molecule has 0 saturated carbocycles. The molecule has 1 saturated heterocycles. The summed E-state index contributed by atoms with van der Waals surface area (Å²) < 4.78 is 0. The number of hydrogen-bond acceptors (Lipinski definition) is 1. The molecule has 0 radical (unpaired) electrons. The van der Waals surface area contributed by atoms with Crippen molar-refractivity contribution in [2.75, 3.05) is 6.54 Å². The number of nitrogens with zero attached hydrogens (tertiary/aromatic N) is 1. The summed E-state index contributed by atoms with van der Waals surface area (Å²) in [5, 5.41) is 1.34. The summed E-state index contributed by atoms with van der Waals surface area (Å²) in [6.07, 6.45) is 2.79. The van der Waals surface area contributed by atoms with E-state index in [1.165, 1.54) is 22.2 Å². The first-order chi connectivity index (χ1) is 9.24. The molecule has 2 aromatic rings. The van der Waals surface area contributed by atoms with Crippen LogP contribution in [0.25, 0.3) is 10.9 Å². The molecule has 2 aliphatic rings. The molecule has 3 nitrogen and oxygen atoms in total. The number of aromatic nitrogens is 1. The molecule has 1 aromatic heterocycles. The van der Waals surface area contributed by atoms with Crippen LogP contribution < -0.4 is 0 Å². The maximum Gasteiger partial charge on any atom is 0.223 e. The van der Waals surface area contributed by atoms with Crippen molar-refractivity contribution in [2.45, 2.75) is 32.2 Å².